The zero-order valence-electron chi connectivity index (χ0n) is 4.16. The first-order valence-corrected chi connectivity index (χ1v) is 3.22. The van der Waals surface area contributed by atoms with Gasteiger partial charge in [0.2, 0.25) is 0 Å². The van der Waals surface area contributed by atoms with E-state index in [1.165, 1.54) is 0 Å². The third-order valence-electron chi connectivity index (χ3n) is 0.448. The average molecular weight is 126 g/mol. The van der Waals surface area contributed by atoms with E-state index in [0.717, 1.165) is 6.42 Å². The van der Waals surface area contributed by atoms with Crippen LogP contribution in [0.25, 0.3) is 0 Å². The van der Waals surface area contributed by atoms with Gasteiger partial charge in [0, 0.05) is 0 Å². The summed E-state index contributed by atoms with van der Waals surface area (Å²) in [4.78, 5) is 0. The van der Waals surface area contributed by atoms with Crippen LogP contribution >= 0.6 is 11.8 Å². The third-order valence-corrected chi connectivity index (χ3v) is 1.34. The molecule has 0 heterocycles. The molecule has 0 fully saturated rings. The highest BCUT2D eigenvalue weighted by Crippen LogP contribution is 2.13. The van der Waals surface area contributed by atoms with Gasteiger partial charge in [-0.1, -0.05) is 18.7 Å². The molecule has 0 nitrogen and oxygen atoms in total. The van der Waals surface area contributed by atoms with Crippen LogP contribution < -0.4 is 0 Å². The van der Waals surface area contributed by atoms with Gasteiger partial charge in [0.1, 0.15) is 0 Å². The Morgan fingerprint density at radius 3 is 2.29 bits per heavy atom. The Labute approximate surface area is 46.3 Å². The summed E-state index contributed by atoms with van der Waals surface area (Å²) in [6.45, 7) is 1.88. The molecule has 0 aliphatic rings. The fraction of sp³-hybridized carbons (Fsp3) is 1.00. The van der Waals surface area contributed by atoms with Gasteiger partial charge in [-0.3, -0.25) is 0 Å². The number of thioether (sulfide) groups is 1. The maximum Gasteiger partial charge on any atom is 0.284 e. The largest absolute Gasteiger partial charge is 0.284 e. The molecule has 0 aromatic carbocycles. The first-order chi connectivity index (χ1) is 3.27. The topological polar surface area (TPSA) is 0 Å². The summed E-state index contributed by atoms with van der Waals surface area (Å²) in [6, 6.07) is 0. The highest BCUT2D eigenvalue weighted by molar-refractivity contribution is 7.99. The van der Waals surface area contributed by atoms with Gasteiger partial charge >= 0.3 is 0 Å². The van der Waals surface area contributed by atoms with Crippen LogP contribution in [0.5, 0.6) is 0 Å². The Morgan fingerprint density at radius 1 is 1.57 bits per heavy atom. The molecule has 0 aromatic rings. The van der Waals surface area contributed by atoms with Crippen LogP contribution in [0.3, 0.4) is 0 Å². The van der Waals surface area contributed by atoms with Crippen LogP contribution in [0.4, 0.5) is 8.78 Å². The lowest BCUT2D eigenvalue weighted by Gasteiger charge is -1.92. The summed E-state index contributed by atoms with van der Waals surface area (Å²) < 4.78 is 22.4. The number of rotatable bonds is 3. The highest BCUT2D eigenvalue weighted by Gasteiger charge is 1.97. The quantitative estimate of drug-likeness (QED) is 0.559. The van der Waals surface area contributed by atoms with Crippen molar-refractivity contribution >= 4 is 11.8 Å². The molecule has 0 unspecified atom stereocenters. The van der Waals surface area contributed by atoms with Gasteiger partial charge in [-0.25, -0.2) is 0 Å². The standard InChI is InChI=1S/C4H8F2S/c1-2-3-7-4(5)6/h4H,2-3H2,1H3. The zero-order valence-corrected chi connectivity index (χ0v) is 4.97. The second-order valence-corrected chi connectivity index (χ2v) is 2.23. The second-order valence-electron chi connectivity index (χ2n) is 1.13. The van der Waals surface area contributed by atoms with Crippen LogP contribution in [0.1, 0.15) is 13.3 Å². The Morgan fingerprint density at radius 2 is 2.14 bits per heavy atom. The van der Waals surface area contributed by atoms with Gasteiger partial charge in [-0.05, 0) is 12.2 Å². The normalized spacial score (nSPS) is 10.3. The number of hydrogen-bond donors (Lipinski definition) is 0. The van der Waals surface area contributed by atoms with E-state index in [1.54, 1.807) is 0 Å². The van der Waals surface area contributed by atoms with Crippen molar-refractivity contribution in [2.24, 2.45) is 0 Å². The Bertz CT molecular complexity index is 38.7. The fourth-order valence-electron chi connectivity index (χ4n) is 0.207. The molecule has 0 atom stereocenters. The summed E-state index contributed by atoms with van der Waals surface area (Å²) >= 11 is 0.698. The van der Waals surface area contributed by atoms with Crippen molar-refractivity contribution in [3.8, 4) is 0 Å². The molecule has 0 rings (SSSR count). The van der Waals surface area contributed by atoms with E-state index in [9.17, 15) is 8.78 Å². The van der Waals surface area contributed by atoms with Crippen LogP contribution in [0.2, 0.25) is 0 Å². The molecule has 0 radical (unpaired) electrons. The van der Waals surface area contributed by atoms with Crippen molar-refractivity contribution in [1.82, 2.24) is 0 Å². The van der Waals surface area contributed by atoms with Gasteiger partial charge in [-0.2, -0.15) is 8.78 Å². The molecule has 0 aliphatic carbocycles. The Kier molecular flexibility index (Phi) is 4.50. The summed E-state index contributed by atoms with van der Waals surface area (Å²) in [5.41, 5.74) is 0. The maximum atomic E-state index is 11.2. The van der Waals surface area contributed by atoms with E-state index in [0.29, 0.717) is 17.5 Å². The maximum absolute atomic E-state index is 11.2. The van der Waals surface area contributed by atoms with Crippen molar-refractivity contribution < 1.29 is 8.78 Å². The highest BCUT2D eigenvalue weighted by atomic mass is 32.2. The van der Waals surface area contributed by atoms with E-state index in [1.807, 2.05) is 6.92 Å². The smallest absolute Gasteiger partial charge is 0.198 e. The molecule has 3 heteroatoms. The lowest BCUT2D eigenvalue weighted by Crippen LogP contribution is -1.82. The van der Waals surface area contributed by atoms with Gasteiger partial charge in [0.05, 0.1) is 0 Å². The first kappa shape index (κ1) is 7.21. The molecule has 44 valence electrons. The molecule has 0 saturated carbocycles. The molecule has 0 amide bonds. The van der Waals surface area contributed by atoms with Gasteiger partial charge in [-0.15, -0.1) is 0 Å². The summed E-state index contributed by atoms with van der Waals surface area (Å²) in [5, 5.41) is 0. The van der Waals surface area contributed by atoms with Crippen molar-refractivity contribution in [2.75, 3.05) is 5.75 Å². The monoisotopic (exact) mass is 126 g/mol. The third kappa shape index (κ3) is 6.21. The van der Waals surface area contributed by atoms with Crippen molar-refractivity contribution in [1.29, 1.82) is 0 Å². The number of halogens is 2. The minimum atomic E-state index is -2.18. The van der Waals surface area contributed by atoms with E-state index < -0.39 is 5.76 Å². The minimum Gasteiger partial charge on any atom is -0.198 e. The lowest BCUT2D eigenvalue weighted by atomic mass is 10.6. The molecular weight excluding hydrogens is 118 g/mol. The van der Waals surface area contributed by atoms with E-state index in [-0.39, 0.29) is 0 Å². The fourth-order valence-corrected chi connectivity index (χ4v) is 0.621. The molecule has 0 bridgehead atoms. The van der Waals surface area contributed by atoms with Gasteiger partial charge in [0.25, 0.3) is 5.76 Å². The van der Waals surface area contributed by atoms with Crippen LogP contribution in [0.15, 0.2) is 0 Å². The number of hydrogen-bond acceptors (Lipinski definition) is 1. The Balaban J connectivity index is 2.68. The average Bonchev–Trinajstić information content (AvgIpc) is 1.61. The molecule has 0 aliphatic heterocycles. The summed E-state index contributed by atoms with van der Waals surface area (Å²) in [5.74, 6) is -1.61. The minimum absolute atomic E-state index is 0.567. The van der Waals surface area contributed by atoms with E-state index in [2.05, 4.69) is 0 Å². The van der Waals surface area contributed by atoms with E-state index >= 15 is 0 Å². The van der Waals surface area contributed by atoms with E-state index in [4.69, 9.17) is 0 Å². The Hall–Kier alpha value is 0.210. The molecule has 0 spiro atoms. The molecular formula is C4H8F2S. The predicted molar refractivity (Wildman–Crippen MR) is 28.8 cm³/mol. The molecule has 0 N–H and O–H groups in total. The SMILES string of the molecule is CCCSC(F)F. The van der Waals surface area contributed by atoms with Gasteiger partial charge < -0.3 is 0 Å². The zero-order chi connectivity index (χ0) is 5.70. The molecule has 7 heavy (non-hydrogen) atoms. The van der Waals surface area contributed by atoms with Crippen LogP contribution in [-0.2, 0) is 0 Å². The molecule has 0 saturated heterocycles. The van der Waals surface area contributed by atoms with Crippen molar-refractivity contribution in [3.63, 3.8) is 0 Å². The summed E-state index contributed by atoms with van der Waals surface area (Å²) in [6.07, 6.45) is 0.828. The van der Waals surface area contributed by atoms with Gasteiger partial charge in [0.15, 0.2) is 0 Å². The lowest BCUT2D eigenvalue weighted by molar-refractivity contribution is 0.252. The van der Waals surface area contributed by atoms with Crippen molar-refractivity contribution in [3.05, 3.63) is 0 Å². The number of alkyl halides is 2. The molecule has 0 aromatic heterocycles. The van der Waals surface area contributed by atoms with Crippen LogP contribution in [0, 0.1) is 0 Å². The van der Waals surface area contributed by atoms with Crippen LogP contribution in [-0.4, -0.2) is 11.5 Å². The first-order valence-electron chi connectivity index (χ1n) is 2.17. The predicted octanol–water partition coefficient (Wildman–Crippen LogP) is 2.35. The second kappa shape index (κ2) is 4.37. The van der Waals surface area contributed by atoms with Crippen molar-refractivity contribution in [2.45, 2.75) is 19.1 Å². The summed E-state index contributed by atoms with van der Waals surface area (Å²) in [7, 11) is 0.